The third kappa shape index (κ3) is 3.68. The fraction of sp³-hybridized carbons (Fsp3) is 0.167. The molecule has 0 spiro atoms. The van der Waals surface area contributed by atoms with Crippen molar-refractivity contribution < 1.29 is 9.13 Å². The Balaban J connectivity index is 1.68. The molecule has 4 aromatic heterocycles. The summed E-state index contributed by atoms with van der Waals surface area (Å²) in [7, 11) is 0. The minimum atomic E-state index is -0.551. The molecular weight excluding hydrogens is 367 g/mol. The first kappa shape index (κ1) is 17.2. The van der Waals surface area contributed by atoms with E-state index in [2.05, 4.69) is 25.1 Å². The summed E-state index contributed by atoms with van der Waals surface area (Å²) in [6.45, 7) is 2.78. The van der Waals surface area contributed by atoms with Crippen molar-refractivity contribution >= 4 is 11.3 Å². The smallest absolute Gasteiger partial charge is 0.213 e. The van der Waals surface area contributed by atoms with Crippen molar-refractivity contribution in [3.63, 3.8) is 0 Å². The highest BCUT2D eigenvalue weighted by molar-refractivity contribution is 7.13. The fourth-order valence-electron chi connectivity index (χ4n) is 2.61. The molecule has 0 radical (unpaired) electrons. The minimum Gasteiger partial charge on any atom is -0.492 e. The number of nitrogens with zero attached hydrogens (tertiary/aromatic N) is 6. The molecule has 0 aromatic carbocycles. The SMILES string of the molecule is CCOc1cc(-c2nccs2)nnc1Cn1ccnc1-c1cccc(F)n1. The largest absolute Gasteiger partial charge is 0.492 e. The average Bonchev–Trinajstić information content (AvgIpc) is 3.35. The van der Waals surface area contributed by atoms with Gasteiger partial charge < -0.3 is 9.30 Å². The number of ether oxygens (including phenoxy) is 1. The summed E-state index contributed by atoms with van der Waals surface area (Å²) in [6, 6.07) is 6.45. The maximum absolute atomic E-state index is 13.5. The molecule has 4 rings (SSSR count). The van der Waals surface area contributed by atoms with Gasteiger partial charge in [0, 0.05) is 30.0 Å². The second-order valence-corrected chi connectivity index (χ2v) is 6.43. The van der Waals surface area contributed by atoms with E-state index in [9.17, 15) is 4.39 Å². The van der Waals surface area contributed by atoms with Gasteiger partial charge in [-0.2, -0.15) is 4.39 Å². The van der Waals surface area contributed by atoms with Gasteiger partial charge in [0.15, 0.2) is 5.82 Å². The molecule has 0 saturated heterocycles. The highest BCUT2D eigenvalue weighted by Crippen LogP contribution is 2.26. The third-order valence-corrected chi connectivity index (χ3v) is 4.56. The maximum Gasteiger partial charge on any atom is 0.213 e. The molecular formula is C18H15FN6OS. The Morgan fingerprint density at radius 1 is 1.15 bits per heavy atom. The minimum absolute atomic E-state index is 0.369. The zero-order valence-corrected chi connectivity index (χ0v) is 15.2. The van der Waals surface area contributed by atoms with E-state index in [0.717, 1.165) is 5.01 Å². The van der Waals surface area contributed by atoms with E-state index in [-0.39, 0.29) is 0 Å². The average molecular weight is 382 g/mol. The van der Waals surface area contributed by atoms with Gasteiger partial charge in [-0.25, -0.2) is 15.0 Å². The lowest BCUT2D eigenvalue weighted by Crippen LogP contribution is -2.08. The molecule has 7 nitrogen and oxygen atoms in total. The van der Waals surface area contributed by atoms with Crippen molar-refractivity contribution in [1.29, 1.82) is 0 Å². The first-order valence-corrected chi connectivity index (χ1v) is 9.16. The van der Waals surface area contributed by atoms with Crippen LogP contribution in [0.1, 0.15) is 12.6 Å². The number of thiazole rings is 1. The Kier molecular flexibility index (Phi) is 4.84. The van der Waals surface area contributed by atoms with Gasteiger partial charge in [-0.15, -0.1) is 21.5 Å². The Hall–Kier alpha value is -3.20. The van der Waals surface area contributed by atoms with Gasteiger partial charge in [-0.05, 0) is 19.1 Å². The molecule has 0 aliphatic carbocycles. The van der Waals surface area contributed by atoms with E-state index in [1.54, 1.807) is 30.7 Å². The summed E-state index contributed by atoms with van der Waals surface area (Å²) in [4.78, 5) is 12.5. The van der Waals surface area contributed by atoms with Gasteiger partial charge >= 0.3 is 0 Å². The van der Waals surface area contributed by atoms with Crippen molar-refractivity contribution in [3.05, 3.63) is 59.9 Å². The summed E-state index contributed by atoms with van der Waals surface area (Å²) >= 11 is 1.49. The van der Waals surface area contributed by atoms with Crippen molar-refractivity contribution in [2.45, 2.75) is 13.5 Å². The summed E-state index contributed by atoms with van der Waals surface area (Å²) in [5.41, 5.74) is 1.76. The van der Waals surface area contributed by atoms with Crippen LogP contribution in [0.15, 0.2) is 48.2 Å². The van der Waals surface area contributed by atoms with E-state index in [0.29, 0.717) is 41.8 Å². The van der Waals surface area contributed by atoms with Crippen molar-refractivity contribution in [2.75, 3.05) is 6.61 Å². The zero-order chi connectivity index (χ0) is 18.6. The van der Waals surface area contributed by atoms with Crippen LogP contribution in [0.25, 0.3) is 22.2 Å². The lowest BCUT2D eigenvalue weighted by atomic mass is 10.3. The molecule has 0 atom stereocenters. The molecule has 0 amide bonds. The van der Waals surface area contributed by atoms with Crippen LogP contribution in [0.2, 0.25) is 0 Å². The first-order valence-electron chi connectivity index (χ1n) is 8.28. The lowest BCUT2D eigenvalue weighted by molar-refractivity contribution is 0.332. The van der Waals surface area contributed by atoms with E-state index in [1.807, 2.05) is 22.9 Å². The van der Waals surface area contributed by atoms with Crippen LogP contribution in [0.3, 0.4) is 0 Å². The van der Waals surface area contributed by atoms with Gasteiger partial charge in [-0.1, -0.05) is 6.07 Å². The normalized spacial score (nSPS) is 10.9. The first-order chi connectivity index (χ1) is 13.2. The van der Waals surface area contributed by atoms with E-state index in [1.165, 1.54) is 17.4 Å². The topological polar surface area (TPSA) is 78.6 Å². The van der Waals surface area contributed by atoms with Crippen LogP contribution in [0.4, 0.5) is 4.39 Å². The Morgan fingerprint density at radius 2 is 2.07 bits per heavy atom. The Morgan fingerprint density at radius 3 is 2.85 bits per heavy atom. The molecule has 0 fully saturated rings. The molecule has 0 unspecified atom stereocenters. The quantitative estimate of drug-likeness (QED) is 0.475. The highest BCUT2D eigenvalue weighted by atomic mass is 32.1. The van der Waals surface area contributed by atoms with Crippen LogP contribution in [0, 0.1) is 5.95 Å². The molecule has 27 heavy (non-hydrogen) atoms. The predicted octanol–water partition coefficient (Wildman–Crippen LogP) is 3.44. The Labute approximate surface area is 158 Å². The summed E-state index contributed by atoms with van der Waals surface area (Å²) in [6.07, 6.45) is 5.15. The molecule has 9 heteroatoms. The van der Waals surface area contributed by atoms with Crippen LogP contribution in [0.5, 0.6) is 5.75 Å². The van der Waals surface area contributed by atoms with Crippen LogP contribution < -0.4 is 4.74 Å². The number of hydrogen-bond acceptors (Lipinski definition) is 7. The van der Waals surface area contributed by atoms with Gasteiger partial charge in [-0.3, -0.25) is 0 Å². The number of imidazole rings is 1. The fourth-order valence-corrected chi connectivity index (χ4v) is 3.20. The maximum atomic E-state index is 13.5. The van der Waals surface area contributed by atoms with Crippen LogP contribution in [-0.2, 0) is 6.54 Å². The third-order valence-electron chi connectivity index (χ3n) is 3.76. The van der Waals surface area contributed by atoms with E-state index >= 15 is 0 Å². The number of rotatable bonds is 6. The van der Waals surface area contributed by atoms with Crippen molar-refractivity contribution in [3.8, 4) is 28.0 Å². The monoisotopic (exact) mass is 382 g/mol. The summed E-state index contributed by atoms with van der Waals surface area (Å²) < 4.78 is 21.1. The predicted molar refractivity (Wildman–Crippen MR) is 98.8 cm³/mol. The number of hydrogen-bond donors (Lipinski definition) is 0. The van der Waals surface area contributed by atoms with Gasteiger partial charge in [0.1, 0.15) is 27.8 Å². The standard InChI is InChI=1S/C18H15FN6OS/c1-2-26-15-10-13(18-21-7-9-27-18)23-24-14(15)11-25-8-6-20-17(25)12-4-3-5-16(19)22-12/h3-10H,2,11H2,1H3. The van der Waals surface area contributed by atoms with Crippen LogP contribution >= 0.6 is 11.3 Å². The molecule has 136 valence electrons. The van der Waals surface area contributed by atoms with Gasteiger partial charge in [0.2, 0.25) is 5.95 Å². The lowest BCUT2D eigenvalue weighted by Gasteiger charge is -2.12. The molecule has 4 heterocycles. The number of halogens is 1. The zero-order valence-electron chi connectivity index (χ0n) is 14.4. The van der Waals surface area contributed by atoms with Crippen molar-refractivity contribution in [2.24, 2.45) is 0 Å². The second kappa shape index (κ2) is 7.58. The molecule has 4 aromatic rings. The van der Waals surface area contributed by atoms with Gasteiger partial charge in [0.25, 0.3) is 0 Å². The number of aromatic nitrogens is 6. The highest BCUT2D eigenvalue weighted by Gasteiger charge is 2.15. The summed E-state index contributed by atoms with van der Waals surface area (Å²) in [5.74, 6) is 0.622. The molecule has 0 aliphatic heterocycles. The number of pyridine rings is 1. The Bertz CT molecular complexity index is 1050. The molecule has 0 bridgehead atoms. The molecule has 0 aliphatic rings. The van der Waals surface area contributed by atoms with E-state index < -0.39 is 5.95 Å². The van der Waals surface area contributed by atoms with Crippen molar-refractivity contribution in [1.82, 2.24) is 29.7 Å². The summed E-state index contributed by atoms with van der Waals surface area (Å²) in [5, 5.41) is 11.3. The van der Waals surface area contributed by atoms with Crippen LogP contribution in [-0.4, -0.2) is 36.3 Å². The van der Waals surface area contributed by atoms with E-state index in [4.69, 9.17) is 4.74 Å². The van der Waals surface area contributed by atoms with Gasteiger partial charge in [0.05, 0.1) is 13.2 Å². The molecule has 0 saturated carbocycles. The second-order valence-electron chi connectivity index (χ2n) is 5.54. The molecule has 0 N–H and O–H groups in total.